The van der Waals surface area contributed by atoms with Crippen molar-refractivity contribution in [1.29, 1.82) is 0 Å². The van der Waals surface area contributed by atoms with Crippen molar-refractivity contribution in [3.05, 3.63) is 63.6 Å². The van der Waals surface area contributed by atoms with Gasteiger partial charge in [0, 0.05) is 23.5 Å². The van der Waals surface area contributed by atoms with Crippen LogP contribution in [-0.2, 0) is 12.8 Å². The Kier molecular flexibility index (Phi) is 5.97. The van der Waals surface area contributed by atoms with Crippen molar-refractivity contribution in [1.82, 2.24) is 10.3 Å². The summed E-state index contributed by atoms with van der Waals surface area (Å²) in [5.74, 6) is -0.319. The Hall–Kier alpha value is -1.16. The van der Waals surface area contributed by atoms with Crippen LogP contribution in [0.15, 0.2) is 36.7 Å². The van der Waals surface area contributed by atoms with Crippen LogP contribution in [-0.4, -0.2) is 17.6 Å². The lowest BCUT2D eigenvalue weighted by Crippen LogP contribution is -2.33. The van der Waals surface area contributed by atoms with Crippen molar-refractivity contribution in [3.8, 4) is 0 Å². The van der Waals surface area contributed by atoms with Gasteiger partial charge in [-0.15, -0.1) is 0 Å². The molecule has 0 saturated heterocycles. The van der Waals surface area contributed by atoms with Crippen LogP contribution in [0, 0.1) is 5.82 Å². The number of hydrogen-bond donors (Lipinski definition) is 1. The number of pyridine rings is 1. The molecule has 0 bridgehead atoms. The number of likely N-dealkylation sites (N-methyl/N-ethyl adjacent to an activating group) is 1. The van der Waals surface area contributed by atoms with Crippen molar-refractivity contribution in [2.24, 2.45) is 0 Å². The zero-order chi connectivity index (χ0) is 15.2. The Morgan fingerprint density at radius 3 is 2.48 bits per heavy atom. The highest BCUT2D eigenvalue weighted by Gasteiger charge is 2.13. The van der Waals surface area contributed by atoms with E-state index in [0.717, 1.165) is 24.1 Å². The summed E-state index contributed by atoms with van der Waals surface area (Å²) >= 11 is 12.3. The lowest BCUT2D eigenvalue weighted by Gasteiger charge is -2.19. The molecule has 112 valence electrons. The molecule has 2 rings (SSSR count). The summed E-state index contributed by atoms with van der Waals surface area (Å²) in [6.07, 6.45) is 4.86. The average molecular weight is 327 g/mol. The van der Waals surface area contributed by atoms with Crippen LogP contribution < -0.4 is 5.32 Å². The third-order valence-corrected chi connectivity index (χ3v) is 3.99. The van der Waals surface area contributed by atoms with Gasteiger partial charge in [-0.2, -0.15) is 0 Å². The van der Waals surface area contributed by atoms with Crippen molar-refractivity contribution < 1.29 is 4.39 Å². The highest BCUT2D eigenvalue weighted by molar-refractivity contribution is 6.31. The molecular formula is C16H17Cl2FN2. The molecule has 0 fully saturated rings. The summed E-state index contributed by atoms with van der Waals surface area (Å²) < 4.78 is 13.1. The third-order valence-electron chi connectivity index (χ3n) is 3.30. The van der Waals surface area contributed by atoms with Gasteiger partial charge in [-0.25, -0.2) is 4.39 Å². The Labute approximate surface area is 134 Å². The lowest BCUT2D eigenvalue weighted by atomic mass is 9.99. The van der Waals surface area contributed by atoms with Crippen molar-refractivity contribution in [2.45, 2.75) is 25.8 Å². The Morgan fingerprint density at radius 2 is 1.86 bits per heavy atom. The predicted octanol–water partition coefficient (Wildman–Crippen LogP) is 4.29. The molecule has 1 N–H and O–H groups in total. The van der Waals surface area contributed by atoms with E-state index in [-0.39, 0.29) is 11.9 Å². The van der Waals surface area contributed by atoms with Crippen LogP contribution in [0.3, 0.4) is 0 Å². The molecule has 2 aromatic rings. The molecule has 0 aliphatic rings. The summed E-state index contributed by atoms with van der Waals surface area (Å²) in [6.45, 7) is 2.89. The van der Waals surface area contributed by atoms with Crippen molar-refractivity contribution >= 4 is 23.2 Å². The van der Waals surface area contributed by atoms with Gasteiger partial charge in [0.05, 0.1) is 5.02 Å². The molecule has 1 aromatic carbocycles. The van der Waals surface area contributed by atoms with Gasteiger partial charge >= 0.3 is 0 Å². The second kappa shape index (κ2) is 7.74. The van der Waals surface area contributed by atoms with Gasteiger partial charge in [-0.1, -0.05) is 36.2 Å². The Morgan fingerprint density at radius 1 is 1.14 bits per heavy atom. The van der Waals surface area contributed by atoms with Gasteiger partial charge in [-0.3, -0.25) is 4.98 Å². The maximum atomic E-state index is 13.1. The van der Waals surface area contributed by atoms with Gasteiger partial charge in [0.15, 0.2) is 0 Å². The van der Waals surface area contributed by atoms with E-state index in [1.807, 2.05) is 13.0 Å². The number of nitrogens with zero attached hydrogens (tertiary/aromatic N) is 1. The summed E-state index contributed by atoms with van der Waals surface area (Å²) in [5.41, 5.74) is 1.96. The Bertz CT molecular complexity index is 605. The van der Waals surface area contributed by atoms with Crippen LogP contribution in [0.2, 0.25) is 10.0 Å². The minimum atomic E-state index is -0.319. The molecule has 21 heavy (non-hydrogen) atoms. The van der Waals surface area contributed by atoms with Gasteiger partial charge in [0.1, 0.15) is 5.82 Å². The van der Waals surface area contributed by atoms with Crippen LogP contribution in [0.25, 0.3) is 0 Å². The largest absolute Gasteiger partial charge is 0.314 e. The molecule has 2 nitrogen and oxygen atoms in total. The number of rotatable bonds is 6. The number of aromatic nitrogens is 1. The van der Waals surface area contributed by atoms with E-state index >= 15 is 0 Å². The van der Waals surface area contributed by atoms with E-state index in [0.29, 0.717) is 16.5 Å². The standard InChI is InChI=1S/C16H17Cl2FN2/c1-2-21-14(8-12-5-6-20-10-16(12)18)7-11-3-4-13(19)9-15(11)17/h3-6,9-10,14,21H,2,7-8H2,1H3. The van der Waals surface area contributed by atoms with Crippen molar-refractivity contribution in [2.75, 3.05) is 6.54 Å². The van der Waals surface area contributed by atoms with E-state index in [4.69, 9.17) is 23.2 Å². The smallest absolute Gasteiger partial charge is 0.124 e. The Balaban J connectivity index is 2.14. The number of hydrogen-bond acceptors (Lipinski definition) is 2. The normalized spacial score (nSPS) is 12.4. The number of nitrogens with one attached hydrogen (secondary N) is 1. The summed E-state index contributed by atoms with van der Waals surface area (Å²) in [4.78, 5) is 3.99. The highest BCUT2D eigenvalue weighted by atomic mass is 35.5. The summed E-state index contributed by atoms with van der Waals surface area (Å²) in [6, 6.07) is 6.61. The molecule has 1 atom stereocenters. The lowest BCUT2D eigenvalue weighted by molar-refractivity contribution is 0.520. The predicted molar refractivity (Wildman–Crippen MR) is 85.5 cm³/mol. The first kappa shape index (κ1) is 16.2. The van der Waals surface area contributed by atoms with Gasteiger partial charge < -0.3 is 5.32 Å². The first-order valence-electron chi connectivity index (χ1n) is 6.86. The molecule has 1 aromatic heterocycles. The maximum Gasteiger partial charge on any atom is 0.124 e. The molecular weight excluding hydrogens is 310 g/mol. The molecule has 0 aliphatic heterocycles. The fourth-order valence-corrected chi connectivity index (χ4v) is 2.73. The zero-order valence-electron chi connectivity index (χ0n) is 11.7. The van der Waals surface area contributed by atoms with E-state index in [9.17, 15) is 4.39 Å². The molecule has 1 heterocycles. The van der Waals surface area contributed by atoms with E-state index < -0.39 is 0 Å². The number of halogens is 3. The van der Waals surface area contributed by atoms with E-state index in [2.05, 4.69) is 10.3 Å². The minimum Gasteiger partial charge on any atom is -0.314 e. The van der Waals surface area contributed by atoms with Crippen molar-refractivity contribution in [3.63, 3.8) is 0 Å². The van der Waals surface area contributed by atoms with Gasteiger partial charge in [0.2, 0.25) is 0 Å². The molecule has 1 unspecified atom stereocenters. The second-order valence-corrected chi connectivity index (χ2v) is 5.68. The molecule has 0 saturated carbocycles. The average Bonchev–Trinajstić information content (AvgIpc) is 2.44. The highest BCUT2D eigenvalue weighted by Crippen LogP contribution is 2.21. The molecule has 0 spiro atoms. The number of benzene rings is 1. The van der Waals surface area contributed by atoms with E-state index in [1.165, 1.54) is 12.1 Å². The molecule has 0 radical (unpaired) electrons. The van der Waals surface area contributed by atoms with Crippen LogP contribution in [0.5, 0.6) is 0 Å². The fourth-order valence-electron chi connectivity index (χ4n) is 2.29. The summed E-state index contributed by atoms with van der Waals surface area (Å²) in [5, 5.41) is 4.53. The van der Waals surface area contributed by atoms with Crippen LogP contribution >= 0.6 is 23.2 Å². The van der Waals surface area contributed by atoms with Crippen LogP contribution in [0.4, 0.5) is 4.39 Å². The second-order valence-electron chi connectivity index (χ2n) is 4.87. The first-order valence-corrected chi connectivity index (χ1v) is 7.61. The minimum absolute atomic E-state index is 0.179. The molecule has 5 heteroatoms. The maximum absolute atomic E-state index is 13.1. The van der Waals surface area contributed by atoms with E-state index in [1.54, 1.807) is 18.5 Å². The quantitative estimate of drug-likeness (QED) is 0.856. The third kappa shape index (κ3) is 4.67. The first-order chi connectivity index (χ1) is 10.1. The van der Waals surface area contributed by atoms with Crippen LogP contribution in [0.1, 0.15) is 18.1 Å². The van der Waals surface area contributed by atoms with Gasteiger partial charge in [0.25, 0.3) is 0 Å². The molecule has 0 aliphatic carbocycles. The summed E-state index contributed by atoms with van der Waals surface area (Å²) in [7, 11) is 0. The topological polar surface area (TPSA) is 24.9 Å². The fraction of sp³-hybridized carbons (Fsp3) is 0.312. The van der Waals surface area contributed by atoms with Gasteiger partial charge in [-0.05, 0) is 48.7 Å². The zero-order valence-corrected chi connectivity index (χ0v) is 13.3. The SMILES string of the molecule is CCNC(Cc1ccncc1Cl)Cc1ccc(F)cc1Cl. The monoisotopic (exact) mass is 326 g/mol. The molecule has 0 amide bonds.